The summed E-state index contributed by atoms with van der Waals surface area (Å²) in [4.78, 5) is 25.0. The van der Waals surface area contributed by atoms with Crippen LogP contribution in [0.2, 0.25) is 0 Å². The summed E-state index contributed by atoms with van der Waals surface area (Å²) in [5, 5.41) is 0. The van der Waals surface area contributed by atoms with E-state index < -0.39 is 23.1 Å². The summed E-state index contributed by atoms with van der Waals surface area (Å²) in [6, 6.07) is 0. The molecule has 0 aliphatic carbocycles. The Morgan fingerprint density at radius 1 is 0.950 bits per heavy atom. The Hall–Kier alpha value is -1.54. The largest absolute Gasteiger partial charge is 0.459 e. The Morgan fingerprint density at radius 3 is 1.55 bits per heavy atom. The Morgan fingerprint density at radius 2 is 1.30 bits per heavy atom. The van der Waals surface area contributed by atoms with E-state index in [4.69, 9.17) is 15.9 Å². The van der Waals surface area contributed by atoms with Crippen LogP contribution in [-0.4, -0.2) is 47.7 Å². The van der Waals surface area contributed by atoms with E-state index >= 15 is 0 Å². The number of carbonyl (C=O) groups is 2. The van der Waals surface area contributed by atoms with Gasteiger partial charge in [0.1, 0.15) is 11.2 Å². The first-order chi connectivity index (χ1) is 8.93. The fraction of sp³-hybridized carbons (Fsp3) is 0.733. The third kappa shape index (κ3) is 10.4. The molecule has 0 amide bonds. The van der Waals surface area contributed by atoms with Crippen molar-refractivity contribution >= 4 is 11.9 Å². The van der Waals surface area contributed by atoms with Crippen LogP contribution in [0.15, 0.2) is 0 Å². The molecule has 0 spiro atoms. The SMILES string of the molecule is C#CCN(CC(=O)OC(C)(C)C)CC(=O)OC(C)(C)C. The second-order valence-corrected chi connectivity index (χ2v) is 6.52. The van der Waals surface area contributed by atoms with Crippen molar-refractivity contribution in [2.45, 2.75) is 52.7 Å². The fourth-order valence-electron chi connectivity index (χ4n) is 1.41. The Kier molecular flexibility index (Phi) is 6.74. The molecule has 0 atom stereocenters. The van der Waals surface area contributed by atoms with Gasteiger partial charge < -0.3 is 9.47 Å². The molecule has 0 saturated carbocycles. The summed E-state index contributed by atoms with van der Waals surface area (Å²) >= 11 is 0. The maximum Gasteiger partial charge on any atom is 0.320 e. The zero-order valence-corrected chi connectivity index (χ0v) is 13.3. The van der Waals surface area contributed by atoms with Crippen molar-refractivity contribution < 1.29 is 19.1 Å². The molecule has 5 heteroatoms. The molecule has 5 nitrogen and oxygen atoms in total. The van der Waals surface area contributed by atoms with E-state index in [-0.39, 0.29) is 19.6 Å². The lowest BCUT2D eigenvalue weighted by atomic mass is 10.2. The van der Waals surface area contributed by atoms with Gasteiger partial charge >= 0.3 is 11.9 Å². The van der Waals surface area contributed by atoms with Crippen LogP contribution in [0.5, 0.6) is 0 Å². The molecule has 0 saturated heterocycles. The van der Waals surface area contributed by atoms with E-state index in [0.717, 1.165) is 0 Å². The first-order valence-corrected chi connectivity index (χ1v) is 6.52. The number of esters is 2. The highest BCUT2D eigenvalue weighted by Crippen LogP contribution is 2.09. The number of carbonyl (C=O) groups excluding carboxylic acids is 2. The van der Waals surface area contributed by atoms with Crippen molar-refractivity contribution in [2.24, 2.45) is 0 Å². The third-order valence-corrected chi connectivity index (χ3v) is 1.86. The third-order valence-electron chi connectivity index (χ3n) is 1.86. The van der Waals surface area contributed by atoms with Crippen LogP contribution < -0.4 is 0 Å². The summed E-state index contributed by atoms with van der Waals surface area (Å²) in [5.41, 5.74) is -1.13. The van der Waals surface area contributed by atoms with Gasteiger partial charge in [-0.2, -0.15) is 0 Å². The molecule has 0 aliphatic heterocycles. The van der Waals surface area contributed by atoms with Crippen LogP contribution in [0.3, 0.4) is 0 Å². The molecule has 0 aliphatic rings. The van der Waals surface area contributed by atoms with Crippen molar-refractivity contribution in [1.82, 2.24) is 4.90 Å². The van der Waals surface area contributed by atoms with Crippen LogP contribution in [0.1, 0.15) is 41.5 Å². The summed E-state index contributed by atoms with van der Waals surface area (Å²) in [6.45, 7) is 10.8. The normalized spacial score (nSPS) is 11.9. The van der Waals surface area contributed by atoms with Crippen molar-refractivity contribution in [3.63, 3.8) is 0 Å². The smallest absolute Gasteiger partial charge is 0.320 e. The van der Waals surface area contributed by atoms with Gasteiger partial charge in [-0.05, 0) is 41.5 Å². The zero-order chi connectivity index (χ0) is 16.0. The van der Waals surface area contributed by atoms with Gasteiger partial charge in [-0.15, -0.1) is 6.42 Å². The molecule has 0 unspecified atom stereocenters. The first-order valence-electron chi connectivity index (χ1n) is 6.52. The summed E-state index contributed by atoms with van der Waals surface area (Å²) in [7, 11) is 0. The molecule has 0 N–H and O–H groups in total. The van der Waals surface area contributed by atoms with Crippen LogP contribution in [0.25, 0.3) is 0 Å². The molecule has 0 aromatic heterocycles. The molecule has 20 heavy (non-hydrogen) atoms. The minimum Gasteiger partial charge on any atom is -0.459 e. The molecule has 0 bridgehead atoms. The van der Waals surface area contributed by atoms with Gasteiger partial charge in [0.05, 0.1) is 19.6 Å². The number of rotatable bonds is 5. The molecular weight excluding hydrogens is 258 g/mol. The quantitative estimate of drug-likeness (QED) is 0.567. The molecule has 0 heterocycles. The number of hydrogen-bond donors (Lipinski definition) is 0. The highest BCUT2D eigenvalue weighted by atomic mass is 16.6. The molecule has 0 aromatic carbocycles. The predicted octanol–water partition coefficient (Wildman–Crippen LogP) is 1.60. The van der Waals surface area contributed by atoms with Gasteiger partial charge in [0.15, 0.2) is 0 Å². The monoisotopic (exact) mass is 283 g/mol. The van der Waals surface area contributed by atoms with E-state index in [1.54, 1.807) is 41.5 Å². The summed E-state index contributed by atoms with van der Waals surface area (Å²) in [6.07, 6.45) is 5.24. The van der Waals surface area contributed by atoms with Crippen LogP contribution >= 0.6 is 0 Å². The molecule has 0 fully saturated rings. The van der Waals surface area contributed by atoms with Gasteiger partial charge in [0, 0.05) is 0 Å². The van der Waals surface area contributed by atoms with Crippen molar-refractivity contribution in [2.75, 3.05) is 19.6 Å². The lowest BCUT2D eigenvalue weighted by Gasteiger charge is -2.25. The standard InChI is InChI=1S/C15H25NO4/c1-8-9-16(10-12(17)19-14(2,3)4)11-13(18)20-15(5,6)7/h1H,9-11H2,2-7H3. The number of ether oxygens (including phenoxy) is 2. The van der Waals surface area contributed by atoms with Crippen LogP contribution in [0.4, 0.5) is 0 Å². The molecule has 114 valence electrons. The average Bonchev–Trinajstić information content (AvgIpc) is 2.10. The van der Waals surface area contributed by atoms with Crippen LogP contribution in [-0.2, 0) is 19.1 Å². The summed E-state index contributed by atoms with van der Waals surface area (Å²) in [5.74, 6) is 1.57. The number of nitrogens with zero attached hydrogens (tertiary/aromatic N) is 1. The fourth-order valence-corrected chi connectivity index (χ4v) is 1.41. The van der Waals surface area contributed by atoms with Crippen molar-refractivity contribution in [1.29, 1.82) is 0 Å². The Labute approximate surface area is 121 Å². The second-order valence-electron chi connectivity index (χ2n) is 6.52. The zero-order valence-electron chi connectivity index (χ0n) is 13.3. The number of hydrogen-bond acceptors (Lipinski definition) is 5. The minimum atomic E-state index is -0.565. The lowest BCUT2D eigenvalue weighted by Crippen LogP contribution is -2.40. The van der Waals surface area contributed by atoms with Crippen molar-refractivity contribution in [3.05, 3.63) is 0 Å². The lowest BCUT2D eigenvalue weighted by molar-refractivity contribution is -0.159. The van der Waals surface area contributed by atoms with Crippen molar-refractivity contribution in [3.8, 4) is 12.3 Å². The van der Waals surface area contributed by atoms with E-state index in [1.807, 2.05) is 0 Å². The van der Waals surface area contributed by atoms with Gasteiger partial charge in [-0.25, -0.2) is 0 Å². The Balaban J connectivity index is 4.48. The molecule has 0 rings (SSSR count). The maximum absolute atomic E-state index is 11.7. The molecule has 0 aromatic rings. The van der Waals surface area contributed by atoms with Gasteiger partial charge in [-0.3, -0.25) is 14.5 Å². The highest BCUT2D eigenvalue weighted by molar-refractivity contribution is 5.75. The minimum absolute atomic E-state index is 0.0410. The Bertz CT molecular complexity index is 352. The van der Waals surface area contributed by atoms with Crippen LogP contribution in [0, 0.1) is 12.3 Å². The van der Waals surface area contributed by atoms with Gasteiger partial charge in [0.25, 0.3) is 0 Å². The first kappa shape index (κ1) is 18.5. The van der Waals surface area contributed by atoms with E-state index in [1.165, 1.54) is 4.90 Å². The average molecular weight is 283 g/mol. The maximum atomic E-state index is 11.7. The highest BCUT2D eigenvalue weighted by Gasteiger charge is 2.22. The molecule has 0 radical (unpaired) electrons. The van der Waals surface area contributed by atoms with Gasteiger partial charge in [0.2, 0.25) is 0 Å². The van der Waals surface area contributed by atoms with E-state index in [0.29, 0.717) is 0 Å². The van der Waals surface area contributed by atoms with Gasteiger partial charge in [-0.1, -0.05) is 5.92 Å². The number of terminal acetylenes is 1. The molecular formula is C15H25NO4. The summed E-state index contributed by atoms with van der Waals surface area (Å²) < 4.78 is 10.4. The van der Waals surface area contributed by atoms with E-state index in [2.05, 4.69) is 5.92 Å². The topological polar surface area (TPSA) is 55.8 Å². The van der Waals surface area contributed by atoms with E-state index in [9.17, 15) is 9.59 Å². The second kappa shape index (κ2) is 7.30. The predicted molar refractivity (Wildman–Crippen MR) is 77.0 cm³/mol.